The number of carbonyl (C=O) groups excluding carboxylic acids is 1. The second-order valence-electron chi connectivity index (χ2n) is 5.68. The van der Waals surface area contributed by atoms with Gasteiger partial charge in [-0.25, -0.2) is 4.39 Å². The highest BCUT2D eigenvalue weighted by Gasteiger charge is 2.27. The Balaban J connectivity index is 1.59. The van der Waals surface area contributed by atoms with E-state index in [9.17, 15) is 9.18 Å². The van der Waals surface area contributed by atoms with Gasteiger partial charge in [-0.1, -0.05) is 0 Å². The topological polar surface area (TPSA) is 48.1 Å². The molecule has 1 aromatic carbocycles. The van der Waals surface area contributed by atoms with Crippen molar-refractivity contribution in [2.75, 3.05) is 20.1 Å². The molecule has 0 aliphatic carbocycles. The summed E-state index contributed by atoms with van der Waals surface area (Å²) in [4.78, 5) is 17.3. The number of amides is 1. The van der Waals surface area contributed by atoms with Crippen molar-refractivity contribution in [2.45, 2.75) is 25.3 Å². The van der Waals surface area contributed by atoms with Crippen LogP contribution in [0.5, 0.6) is 0 Å². The van der Waals surface area contributed by atoms with Gasteiger partial charge in [0.1, 0.15) is 5.82 Å². The minimum absolute atomic E-state index is 0.00501. The number of H-pyrrole nitrogens is 1. The van der Waals surface area contributed by atoms with Crippen molar-refractivity contribution < 1.29 is 9.18 Å². The average Bonchev–Trinajstić information content (AvgIpc) is 3.05. The lowest BCUT2D eigenvalue weighted by atomic mass is 10.1. The monoisotopic (exact) mass is 289 g/mol. The fourth-order valence-electron chi connectivity index (χ4n) is 3.04. The van der Waals surface area contributed by atoms with Crippen molar-refractivity contribution in [1.82, 2.24) is 15.2 Å². The van der Waals surface area contributed by atoms with Crippen LogP contribution in [0, 0.1) is 5.82 Å². The fourth-order valence-corrected chi connectivity index (χ4v) is 3.04. The maximum Gasteiger partial charge on any atom is 0.237 e. The van der Waals surface area contributed by atoms with Crippen molar-refractivity contribution in [3.8, 4) is 0 Å². The standard InChI is InChI=1S/C16H20FN3O/c1-20-8-2-3-15(20)16(21)18-7-6-11-10-19-14-5-4-12(17)9-13(11)14/h4-5,9-10,15,19H,2-3,6-8H2,1H3,(H,18,21)/t15-/m0/s1. The molecule has 1 fully saturated rings. The number of carbonyl (C=O) groups is 1. The number of aromatic nitrogens is 1. The van der Waals surface area contributed by atoms with Crippen LogP contribution in [0.15, 0.2) is 24.4 Å². The molecule has 0 bridgehead atoms. The van der Waals surface area contributed by atoms with Crippen LogP contribution >= 0.6 is 0 Å². The first-order chi connectivity index (χ1) is 10.1. The molecule has 1 aliphatic rings. The van der Waals surface area contributed by atoms with Crippen LogP contribution in [0.3, 0.4) is 0 Å². The fraction of sp³-hybridized carbons (Fsp3) is 0.438. The third-order valence-electron chi connectivity index (χ3n) is 4.25. The van der Waals surface area contributed by atoms with Crippen LogP contribution in [0.4, 0.5) is 4.39 Å². The Kier molecular flexibility index (Phi) is 3.92. The SMILES string of the molecule is CN1CCC[C@H]1C(=O)NCCc1c[nH]c2ccc(F)cc12. The van der Waals surface area contributed by atoms with Gasteiger partial charge in [0, 0.05) is 23.6 Å². The molecule has 1 atom stereocenters. The Morgan fingerprint density at radius 2 is 2.38 bits per heavy atom. The molecular formula is C16H20FN3O. The van der Waals surface area contributed by atoms with Crippen molar-refractivity contribution >= 4 is 16.8 Å². The molecule has 21 heavy (non-hydrogen) atoms. The quantitative estimate of drug-likeness (QED) is 0.905. The largest absolute Gasteiger partial charge is 0.361 e. The van der Waals surface area contributed by atoms with Crippen LogP contribution in [0.1, 0.15) is 18.4 Å². The molecule has 1 aliphatic heterocycles. The zero-order chi connectivity index (χ0) is 14.8. The van der Waals surface area contributed by atoms with Gasteiger partial charge in [0.2, 0.25) is 5.91 Å². The van der Waals surface area contributed by atoms with Gasteiger partial charge in [-0.05, 0) is 56.6 Å². The van der Waals surface area contributed by atoms with Gasteiger partial charge in [-0.2, -0.15) is 0 Å². The summed E-state index contributed by atoms with van der Waals surface area (Å²) in [5, 5.41) is 3.88. The summed E-state index contributed by atoms with van der Waals surface area (Å²) in [6.45, 7) is 1.56. The lowest BCUT2D eigenvalue weighted by Gasteiger charge is -2.18. The van der Waals surface area contributed by atoms with Crippen LogP contribution in [0.2, 0.25) is 0 Å². The zero-order valence-electron chi connectivity index (χ0n) is 12.2. The molecule has 112 valence electrons. The summed E-state index contributed by atoms with van der Waals surface area (Å²) < 4.78 is 13.3. The van der Waals surface area contributed by atoms with Gasteiger partial charge < -0.3 is 10.3 Å². The number of rotatable bonds is 4. The number of halogens is 1. The summed E-state index contributed by atoms with van der Waals surface area (Å²) in [6.07, 6.45) is 4.60. The highest BCUT2D eigenvalue weighted by Crippen LogP contribution is 2.19. The highest BCUT2D eigenvalue weighted by atomic mass is 19.1. The number of likely N-dealkylation sites (N-methyl/N-ethyl adjacent to an activating group) is 1. The minimum atomic E-state index is -0.236. The lowest BCUT2D eigenvalue weighted by molar-refractivity contribution is -0.125. The van der Waals surface area contributed by atoms with Gasteiger partial charge >= 0.3 is 0 Å². The van der Waals surface area contributed by atoms with E-state index in [2.05, 4.69) is 15.2 Å². The third kappa shape index (κ3) is 2.93. The van der Waals surface area contributed by atoms with E-state index in [1.165, 1.54) is 12.1 Å². The predicted octanol–water partition coefficient (Wildman–Crippen LogP) is 2.06. The van der Waals surface area contributed by atoms with Crippen molar-refractivity contribution in [3.63, 3.8) is 0 Å². The number of likely N-dealkylation sites (tertiary alicyclic amines) is 1. The van der Waals surface area contributed by atoms with Gasteiger partial charge in [-0.15, -0.1) is 0 Å². The van der Waals surface area contributed by atoms with E-state index in [0.29, 0.717) is 13.0 Å². The Morgan fingerprint density at radius 3 is 3.14 bits per heavy atom. The summed E-state index contributed by atoms with van der Waals surface area (Å²) in [5.41, 5.74) is 1.96. The second-order valence-corrected chi connectivity index (χ2v) is 5.68. The molecule has 0 saturated carbocycles. The van der Waals surface area contributed by atoms with E-state index in [1.807, 2.05) is 13.2 Å². The van der Waals surface area contributed by atoms with E-state index in [1.54, 1.807) is 6.07 Å². The molecular weight excluding hydrogens is 269 g/mol. The van der Waals surface area contributed by atoms with E-state index >= 15 is 0 Å². The minimum Gasteiger partial charge on any atom is -0.361 e. The number of hydrogen-bond acceptors (Lipinski definition) is 2. The number of fused-ring (bicyclic) bond motifs is 1. The molecule has 2 heterocycles. The van der Waals surface area contributed by atoms with Gasteiger partial charge in [0.15, 0.2) is 0 Å². The van der Waals surface area contributed by atoms with Gasteiger partial charge in [0.05, 0.1) is 6.04 Å². The Bertz CT molecular complexity index is 652. The number of hydrogen-bond donors (Lipinski definition) is 2. The maximum absolute atomic E-state index is 13.3. The maximum atomic E-state index is 13.3. The molecule has 1 aromatic heterocycles. The molecule has 1 amide bonds. The first-order valence-corrected chi connectivity index (χ1v) is 7.38. The zero-order valence-corrected chi connectivity index (χ0v) is 12.2. The average molecular weight is 289 g/mol. The molecule has 3 rings (SSSR count). The van der Waals surface area contributed by atoms with E-state index in [4.69, 9.17) is 0 Å². The smallest absolute Gasteiger partial charge is 0.237 e. The Labute approximate surface area is 123 Å². The summed E-state index contributed by atoms with van der Waals surface area (Å²) in [5.74, 6) is -0.138. The molecule has 5 heteroatoms. The lowest BCUT2D eigenvalue weighted by Crippen LogP contribution is -2.42. The predicted molar refractivity (Wildman–Crippen MR) is 80.6 cm³/mol. The number of nitrogens with zero attached hydrogens (tertiary/aromatic N) is 1. The molecule has 0 unspecified atom stereocenters. The van der Waals surface area contributed by atoms with Crippen LogP contribution in [-0.4, -0.2) is 42.0 Å². The normalized spacial score (nSPS) is 19.2. The van der Waals surface area contributed by atoms with Crippen LogP contribution in [-0.2, 0) is 11.2 Å². The third-order valence-corrected chi connectivity index (χ3v) is 4.25. The summed E-state index contributed by atoms with van der Waals surface area (Å²) >= 11 is 0. The molecule has 1 saturated heterocycles. The molecule has 4 nitrogen and oxygen atoms in total. The summed E-state index contributed by atoms with van der Waals surface area (Å²) in [6, 6.07) is 4.72. The molecule has 0 radical (unpaired) electrons. The molecule has 2 aromatic rings. The number of nitrogens with one attached hydrogen (secondary N) is 2. The van der Waals surface area contributed by atoms with Crippen molar-refractivity contribution in [1.29, 1.82) is 0 Å². The van der Waals surface area contributed by atoms with Crippen LogP contribution < -0.4 is 5.32 Å². The molecule has 0 spiro atoms. The van der Waals surface area contributed by atoms with Crippen LogP contribution in [0.25, 0.3) is 10.9 Å². The molecule has 2 N–H and O–H groups in total. The first kappa shape index (κ1) is 14.1. The van der Waals surface area contributed by atoms with E-state index in [-0.39, 0.29) is 17.8 Å². The Hall–Kier alpha value is -1.88. The van der Waals surface area contributed by atoms with Gasteiger partial charge in [0.25, 0.3) is 0 Å². The van der Waals surface area contributed by atoms with Gasteiger partial charge in [-0.3, -0.25) is 9.69 Å². The first-order valence-electron chi connectivity index (χ1n) is 7.38. The van der Waals surface area contributed by atoms with Crippen molar-refractivity contribution in [3.05, 3.63) is 35.8 Å². The second kappa shape index (κ2) is 5.85. The van der Waals surface area contributed by atoms with Crippen molar-refractivity contribution in [2.24, 2.45) is 0 Å². The number of benzene rings is 1. The highest BCUT2D eigenvalue weighted by molar-refractivity contribution is 5.84. The van der Waals surface area contributed by atoms with E-state index in [0.717, 1.165) is 35.9 Å². The summed E-state index contributed by atoms with van der Waals surface area (Å²) in [7, 11) is 1.99. The van der Waals surface area contributed by atoms with E-state index < -0.39 is 0 Å². The Morgan fingerprint density at radius 1 is 1.52 bits per heavy atom. The number of aromatic amines is 1.